The van der Waals surface area contributed by atoms with Crippen molar-refractivity contribution >= 4 is 17.5 Å². The molecule has 1 aromatic heterocycles. The van der Waals surface area contributed by atoms with Crippen molar-refractivity contribution in [1.29, 1.82) is 0 Å². The van der Waals surface area contributed by atoms with Gasteiger partial charge in [0.05, 0.1) is 6.20 Å². The maximum absolute atomic E-state index is 13.5. The van der Waals surface area contributed by atoms with Crippen LogP contribution in [-0.4, -0.2) is 21.7 Å². The molecule has 0 aliphatic carbocycles. The summed E-state index contributed by atoms with van der Waals surface area (Å²) >= 11 is 0. The van der Waals surface area contributed by atoms with Gasteiger partial charge in [-0.25, -0.2) is 8.78 Å². The van der Waals surface area contributed by atoms with Crippen LogP contribution in [-0.2, 0) is 6.42 Å². The molecular formula is C17H15F2N5. The molecule has 0 aliphatic rings. The Morgan fingerprint density at radius 3 is 2.71 bits per heavy atom. The Hall–Kier alpha value is -3.09. The average Bonchev–Trinajstić information content (AvgIpc) is 2.57. The number of hydrogen-bond acceptors (Lipinski definition) is 5. The van der Waals surface area contributed by atoms with E-state index in [-0.39, 0.29) is 17.6 Å². The standard InChI is InChI=1S/C17H15F2N5/c18-13-5-3-6-14(10-13)22-17-23-16(11-21-24-17)20-9-8-12-4-1-2-7-15(12)19/h1-7,10-11H,8-9H2,(H2,20,22,23,24). The molecule has 5 nitrogen and oxygen atoms in total. The van der Waals surface area contributed by atoms with E-state index in [2.05, 4.69) is 25.8 Å². The van der Waals surface area contributed by atoms with Gasteiger partial charge in [-0.3, -0.25) is 0 Å². The quantitative estimate of drug-likeness (QED) is 0.725. The summed E-state index contributed by atoms with van der Waals surface area (Å²) in [5.74, 6) is 0.164. The Bertz CT molecular complexity index is 825. The molecule has 24 heavy (non-hydrogen) atoms. The van der Waals surface area contributed by atoms with Crippen molar-refractivity contribution < 1.29 is 8.78 Å². The number of aromatic nitrogens is 3. The van der Waals surface area contributed by atoms with Crippen molar-refractivity contribution in [3.63, 3.8) is 0 Å². The van der Waals surface area contributed by atoms with Crippen LogP contribution in [0.4, 0.5) is 26.2 Å². The molecule has 2 aromatic carbocycles. The maximum Gasteiger partial charge on any atom is 0.249 e. The summed E-state index contributed by atoms with van der Waals surface area (Å²) in [5.41, 5.74) is 1.16. The molecule has 0 unspecified atom stereocenters. The lowest BCUT2D eigenvalue weighted by atomic mass is 10.1. The maximum atomic E-state index is 13.5. The van der Waals surface area contributed by atoms with Crippen LogP contribution >= 0.6 is 0 Å². The predicted molar refractivity (Wildman–Crippen MR) is 88.1 cm³/mol. The third-order valence-corrected chi connectivity index (χ3v) is 3.30. The highest BCUT2D eigenvalue weighted by Gasteiger charge is 2.04. The zero-order valence-electron chi connectivity index (χ0n) is 12.7. The van der Waals surface area contributed by atoms with Gasteiger partial charge in [0.25, 0.3) is 0 Å². The van der Waals surface area contributed by atoms with Crippen LogP contribution in [0.5, 0.6) is 0 Å². The van der Waals surface area contributed by atoms with E-state index in [9.17, 15) is 8.78 Å². The van der Waals surface area contributed by atoms with Crippen LogP contribution in [0, 0.1) is 11.6 Å². The minimum absolute atomic E-state index is 0.228. The van der Waals surface area contributed by atoms with E-state index in [1.165, 1.54) is 24.4 Å². The fraction of sp³-hybridized carbons (Fsp3) is 0.118. The SMILES string of the molecule is Fc1cccc(Nc2nncc(NCCc3ccccc3F)n2)c1. The van der Waals surface area contributed by atoms with Gasteiger partial charge in [-0.1, -0.05) is 24.3 Å². The van der Waals surface area contributed by atoms with Gasteiger partial charge in [-0.05, 0) is 36.2 Å². The summed E-state index contributed by atoms with van der Waals surface area (Å²) in [7, 11) is 0. The van der Waals surface area contributed by atoms with Gasteiger partial charge in [-0.15, -0.1) is 5.10 Å². The Kier molecular flexibility index (Phi) is 4.90. The van der Waals surface area contributed by atoms with Crippen LogP contribution < -0.4 is 10.6 Å². The molecule has 0 spiro atoms. The van der Waals surface area contributed by atoms with E-state index < -0.39 is 0 Å². The van der Waals surface area contributed by atoms with Gasteiger partial charge in [0.1, 0.15) is 11.6 Å². The molecule has 0 bridgehead atoms. The van der Waals surface area contributed by atoms with Crippen LogP contribution in [0.25, 0.3) is 0 Å². The Morgan fingerprint density at radius 1 is 1.00 bits per heavy atom. The molecule has 0 aliphatic heterocycles. The minimum atomic E-state index is -0.355. The monoisotopic (exact) mass is 327 g/mol. The highest BCUT2D eigenvalue weighted by atomic mass is 19.1. The molecule has 122 valence electrons. The lowest BCUT2D eigenvalue weighted by Crippen LogP contribution is -2.09. The zero-order chi connectivity index (χ0) is 16.8. The van der Waals surface area contributed by atoms with Gasteiger partial charge in [0.15, 0.2) is 5.82 Å². The first-order chi connectivity index (χ1) is 11.7. The Labute approximate surface area is 137 Å². The Balaban J connectivity index is 1.60. The second-order valence-corrected chi connectivity index (χ2v) is 5.07. The molecule has 3 rings (SSSR count). The van der Waals surface area contributed by atoms with Crippen molar-refractivity contribution in [3.8, 4) is 0 Å². The molecule has 0 saturated heterocycles. The van der Waals surface area contributed by atoms with Crippen LogP contribution in [0.1, 0.15) is 5.56 Å². The molecular weight excluding hydrogens is 312 g/mol. The Morgan fingerprint density at radius 2 is 1.88 bits per heavy atom. The smallest absolute Gasteiger partial charge is 0.249 e. The molecule has 0 radical (unpaired) electrons. The number of hydrogen-bond donors (Lipinski definition) is 2. The van der Waals surface area contributed by atoms with E-state index >= 15 is 0 Å². The fourth-order valence-corrected chi connectivity index (χ4v) is 2.16. The van der Waals surface area contributed by atoms with E-state index in [1.807, 2.05) is 0 Å². The topological polar surface area (TPSA) is 62.7 Å². The lowest BCUT2D eigenvalue weighted by Gasteiger charge is -2.08. The van der Waals surface area contributed by atoms with E-state index in [0.29, 0.717) is 30.0 Å². The molecule has 2 N–H and O–H groups in total. The first-order valence-corrected chi connectivity index (χ1v) is 7.40. The van der Waals surface area contributed by atoms with Crippen molar-refractivity contribution in [2.75, 3.05) is 17.2 Å². The summed E-state index contributed by atoms with van der Waals surface area (Å²) in [4.78, 5) is 4.24. The van der Waals surface area contributed by atoms with Gasteiger partial charge in [-0.2, -0.15) is 10.1 Å². The number of halogens is 2. The lowest BCUT2D eigenvalue weighted by molar-refractivity contribution is 0.610. The fourth-order valence-electron chi connectivity index (χ4n) is 2.16. The molecule has 3 aromatic rings. The van der Waals surface area contributed by atoms with Crippen LogP contribution in [0.3, 0.4) is 0 Å². The highest BCUT2D eigenvalue weighted by Crippen LogP contribution is 2.14. The van der Waals surface area contributed by atoms with Gasteiger partial charge >= 0.3 is 0 Å². The summed E-state index contributed by atoms with van der Waals surface area (Å²) in [5, 5.41) is 13.6. The molecule has 0 saturated carbocycles. The molecule has 1 heterocycles. The van der Waals surface area contributed by atoms with Crippen molar-refractivity contribution in [3.05, 3.63) is 71.9 Å². The number of benzene rings is 2. The molecule has 0 amide bonds. The van der Waals surface area contributed by atoms with Crippen molar-refractivity contribution in [2.45, 2.75) is 6.42 Å². The number of anilines is 3. The summed E-state index contributed by atoms with van der Waals surface area (Å²) in [6.07, 6.45) is 1.99. The summed E-state index contributed by atoms with van der Waals surface area (Å²) < 4.78 is 26.7. The average molecular weight is 327 g/mol. The van der Waals surface area contributed by atoms with Crippen molar-refractivity contribution in [1.82, 2.24) is 15.2 Å². The van der Waals surface area contributed by atoms with E-state index in [4.69, 9.17) is 0 Å². The number of nitrogens with zero attached hydrogens (tertiary/aromatic N) is 3. The van der Waals surface area contributed by atoms with E-state index in [1.54, 1.807) is 30.3 Å². The third kappa shape index (κ3) is 4.22. The minimum Gasteiger partial charge on any atom is -0.368 e. The summed E-state index contributed by atoms with van der Waals surface area (Å²) in [6.45, 7) is 0.499. The largest absolute Gasteiger partial charge is 0.368 e. The van der Waals surface area contributed by atoms with Gasteiger partial charge < -0.3 is 10.6 Å². The first-order valence-electron chi connectivity index (χ1n) is 7.40. The molecule has 0 fully saturated rings. The second kappa shape index (κ2) is 7.45. The van der Waals surface area contributed by atoms with Crippen LogP contribution in [0.2, 0.25) is 0 Å². The number of rotatable bonds is 6. The molecule has 7 heteroatoms. The van der Waals surface area contributed by atoms with Crippen LogP contribution in [0.15, 0.2) is 54.7 Å². The molecule has 0 atom stereocenters. The number of nitrogens with one attached hydrogen (secondary N) is 2. The normalized spacial score (nSPS) is 10.4. The van der Waals surface area contributed by atoms with E-state index in [0.717, 1.165) is 0 Å². The highest BCUT2D eigenvalue weighted by molar-refractivity contribution is 5.53. The zero-order valence-corrected chi connectivity index (χ0v) is 12.7. The van der Waals surface area contributed by atoms with Gasteiger partial charge in [0.2, 0.25) is 5.95 Å². The van der Waals surface area contributed by atoms with Crippen molar-refractivity contribution in [2.24, 2.45) is 0 Å². The predicted octanol–water partition coefficient (Wildman–Crippen LogP) is 3.55. The first kappa shape index (κ1) is 15.8. The second-order valence-electron chi connectivity index (χ2n) is 5.07. The van der Waals surface area contributed by atoms with Gasteiger partial charge in [0, 0.05) is 12.2 Å². The summed E-state index contributed by atoms with van der Waals surface area (Å²) in [6, 6.07) is 12.6. The third-order valence-electron chi connectivity index (χ3n) is 3.30.